The standard InChI is InChI=1S/C8H12Cl5/c1-2-3-4-5-6(9)8(12,13)7(10)11/h6H,2-5H2,1H3. The van der Waals surface area contributed by atoms with Crippen LogP contribution in [0.4, 0.5) is 0 Å². The lowest BCUT2D eigenvalue weighted by Gasteiger charge is -2.25. The Kier molecular flexibility index (Phi) is 7.61. The van der Waals surface area contributed by atoms with Gasteiger partial charge in [0.1, 0.15) is 0 Å². The Morgan fingerprint density at radius 3 is 2.15 bits per heavy atom. The number of unbranched alkanes of at least 4 members (excludes halogenated alkanes) is 2. The first-order valence-corrected chi connectivity index (χ1v) is 6.08. The molecule has 0 spiro atoms. The van der Waals surface area contributed by atoms with Crippen molar-refractivity contribution in [1.82, 2.24) is 0 Å². The van der Waals surface area contributed by atoms with Gasteiger partial charge in [-0.05, 0) is 6.42 Å². The molecule has 79 valence electrons. The maximum atomic E-state index is 5.95. The van der Waals surface area contributed by atoms with Crippen molar-refractivity contribution in [2.24, 2.45) is 0 Å². The minimum Gasteiger partial charge on any atom is -0.120 e. The van der Waals surface area contributed by atoms with Gasteiger partial charge >= 0.3 is 0 Å². The molecule has 0 amide bonds. The lowest BCUT2D eigenvalue weighted by Crippen LogP contribution is -2.28. The molecule has 0 bridgehead atoms. The fourth-order valence-electron chi connectivity index (χ4n) is 0.873. The minimum atomic E-state index is -1.33. The molecule has 0 aromatic rings. The summed E-state index contributed by atoms with van der Waals surface area (Å²) < 4.78 is -1.33. The van der Waals surface area contributed by atoms with Gasteiger partial charge in [0.25, 0.3) is 0 Å². The maximum absolute atomic E-state index is 5.95. The normalized spacial score (nSPS) is 15.0. The second kappa shape index (κ2) is 6.85. The van der Waals surface area contributed by atoms with Crippen LogP contribution in [0.5, 0.6) is 0 Å². The highest BCUT2D eigenvalue weighted by atomic mass is 35.5. The van der Waals surface area contributed by atoms with Gasteiger partial charge in [-0.1, -0.05) is 72.6 Å². The van der Waals surface area contributed by atoms with Crippen molar-refractivity contribution in [3.05, 3.63) is 4.84 Å². The van der Waals surface area contributed by atoms with Crippen molar-refractivity contribution in [2.45, 2.75) is 42.3 Å². The van der Waals surface area contributed by atoms with Gasteiger partial charge in [-0.15, -0.1) is 11.6 Å². The summed E-state index contributed by atoms with van der Waals surface area (Å²) in [7, 11) is 0. The van der Waals surface area contributed by atoms with Crippen molar-refractivity contribution in [2.75, 3.05) is 0 Å². The first-order valence-electron chi connectivity index (χ1n) is 4.13. The molecule has 13 heavy (non-hydrogen) atoms. The van der Waals surface area contributed by atoms with E-state index in [-0.39, 0.29) is 4.84 Å². The molecule has 0 nitrogen and oxygen atoms in total. The Balaban J connectivity index is 3.87. The summed E-state index contributed by atoms with van der Waals surface area (Å²) in [6.07, 6.45) is 3.92. The monoisotopic (exact) mass is 283 g/mol. The topological polar surface area (TPSA) is 0 Å². The number of alkyl halides is 3. The van der Waals surface area contributed by atoms with Gasteiger partial charge in [0.2, 0.25) is 0 Å². The van der Waals surface area contributed by atoms with Gasteiger partial charge < -0.3 is 0 Å². The highest BCUT2D eigenvalue weighted by Gasteiger charge is 2.40. The van der Waals surface area contributed by atoms with Crippen LogP contribution < -0.4 is 0 Å². The molecule has 0 aliphatic carbocycles. The molecule has 0 N–H and O–H groups in total. The van der Waals surface area contributed by atoms with E-state index in [2.05, 4.69) is 6.92 Å². The molecule has 0 saturated heterocycles. The average molecular weight is 285 g/mol. The van der Waals surface area contributed by atoms with E-state index in [1.807, 2.05) is 0 Å². The molecule has 0 saturated carbocycles. The second-order valence-corrected chi connectivity index (χ2v) is 5.71. The predicted octanol–water partition coefficient (Wildman–Crippen LogP) is 5.32. The van der Waals surface area contributed by atoms with E-state index in [0.29, 0.717) is 6.42 Å². The second-order valence-electron chi connectivity index (χ2n) is 2.85. The van der Waals surface area contributed by atoms with Crippen molar-refractivity contribution >= 4 is 58.0 Å². The molecule has 0 fully saturated rings. The summed E-state index contributed by atoms with van der Waals surface area (Å²) in [5.41, 5.74) is 0. The molecule has 0 heterocycles. The summed E-state index contributed by atoms with van der Waals surface area (Å²) in [5.74, 6) is 0. The molecule has 1 radical (unpaired) electrons. The smallest absolute Gasteiger partial charge is 0.120 e. The van der Waals surface area contributed by atoms with Gasteiger partial charge in [0, 0.05) is 0 Å². The minimum absolute atomic E-state index is 0.0904. The number of halogens is 5. The number of hydrogen-bond acceptors (Lipinski definition) is 0. The highest BCUT2D eigenvalue weighted by Crippen LogP contribution is 2.44. The van der Waals surface area contributed by atoms with E-state index in [1.165, 1.54) is 0 Å². The Bertz CT molecular complexity index is 134. The summed E-state index contributed by atoms with van der Waals surface area (Å²) >= 11 is 28.6. The molecule has 5 heteroatoms. The van der Waals surface area contributed by atoms with Crippen LogP contribution in [-0.4, -0.2) is 9.71 Å². The first-order chi connectivity index (χ1) is 5.92. The Labute approximate surface area is 105 Å². The quantitative estimate of drug-likeness (QED) is 0.458. The lowest BCUT2D eigenvalue weighted by molar-refractivity contribution is 0.624. The molecule has 0 aromatic heterocycles. The first kappa shape index (κ1) is 14.5. The Morgan fingerprint density at radius 1 is 1.23 bits per heavy atom. The van der Waals surface area contributed by atoms with E-state index >= 15 is 0 Å². The van der Waals surface area contributed by atoms with E-state index in [4.69, 9.17) is 58.0 Å². The predicted molar refractivity (Wildman–Crippen MR) is 63.2 cm³/mol. The van der Waals surface area contributed by atoms with E-state index < -0.39 is 9.71 Å². The van der Waals surface area contributed by atoms with E-state index in [9.17, 15) is 0 Å². The van der Waals surface area contributed by atoms with Gasteiger partial charge in [-0.25, -0.2) is 0 Å². The summed E-state index contributed by atoms with van der Waals surface area (Å²) in [4.78, 5) is -0.0904. The van der Waals surface area contributed by atoms with Crippen LogP contribution in [0, 0.1) is 4.84 Å². The summed E-state index contributed by atoms with van der Waals surface area (Å²) in [5, 5.41) is -0.438. The van der Waals surface area contributed by atoms with Crippen LogP contribution in [0.3, 0.4) is 0 Å². The fourth-order valence-corrected chi connectivity index (χ4v) is 1.73. The van der Waals surface area contributed by atoms with Crippen LogP contribution in [-0.2, 0) is 0 Å². The summed E-state index contributed by atoms with van der Waals surface area (Å²) in [6.45, 7) is 2.11. The molecule has 0 aliphatic rings. The van der Waals surface area contributed by atoms with Gasteiger partial charge in [0.05, 0.1) is 5.38 Å². The van der Waals surface area contributed by atoms with Crippen LogP contribution in [0.1, 0.15) is 32.6 Å². The molecule has 0 aliphatic heterocycles. The van der Waals surface area contributed by atoms with Crippen LogP contribution in [0.25, 0.3) is 0 Å². The third-order valence-electron chi connectivity index (χ3n) is 1.71. The van der Waals surface area contributed by atoms with E-state index in [0.717, 1.165) is 19.3 Å². The Hall–Kier alpha value is 1.45. The molecule has 1 atom stereocenters. The summed E-state index contributed by atoms with van der Waals surface area (Å²) in [6, 6.07) is 0. The van der Waals surface area contributed by atoms with E-state index in [1.54, 1.807) is 0 Å². The van der Waals surface area contributed by atoms with Gasteiger partial charge in [-0.2, -0.15) is 0 Å². The number of hydrogen-bond donors (Lipinski definition) is 0. The van der Waals surface area contributed by atoms with Crippen molar-refractivity contribution in [3.63, 3.8) is 0 Å². The molecule has 0 aromatic carbocycles. The molecular formula is C8H12Cl5. The molecule has 0 rings (SSSR count). The van der Waals surface area contributed by atoms with Crippen LogP contribution in [0.15, 0.2) is 0 Å². The highest BCUT2D eigenvalue weighted by molar-refractivity contribution is 6.67. The Morgan fingerprint density at radius 2 is 1.77 bits per heavy atom. The zero-order valence-corrected chi connectivity index (χ0v) is 11.1. The largest absolute Gasteiger partial charge is 0.188 e. The zero-order chi connectivity index (χ0) is 10.5. The maximum Gasteiger partial charge on any atom is 0.188 e. The third-order valence-corrected chi connectivity index (χ3v) is 4.36. The van der Waals surface area contributed by atoms with Gasteiger partial charge in [0.15, 0.2) is 9.17 Å². The fraction of sp³-hybridized carbons (Fsp3) is 0.875. The molecule has 1 unspecified atom stereocenters. The van der Waals surface area contributed by atoms with Gasteiger partial charge in [-0.3, -0.25) is 0 Å². The van der Waals surface area contributed by atoms with Crippen molar-refractivity contribution in [1.29, 1.82) is 0 Å². The van der Waals surface area contributed by atoms with Crippen LogP contribution >= 0.6 is 58.0 Å². The van der Waals surface area contributed by atoms with Crippen molar-refractivity contribution in [3.8, 4) is 0 Å². The van der Waals surface area contributed by atoms with Crippen molar-refractivity contribution < 1.29 is 0 Å². The molecular weight excluding hydrogens is 273 g/mol. The van der Waals surface area contributed by atoms with Crippen LogP contribution in [0.2, 0.25) is 0 Å². The average Bonchev–Trinajstić information content (AvgIpc) is 2.04. The third kappa shape index (κ3) is 5.18. The lowest BCUT2D eigenvalue weighted by atomic mass is 10.1. The zero-order valence-electron chi connectivity index (χ0n) is 7.30. The SMILES string of the molecule is CCCCCC(Cl)C(Cl)(Cl)[C](Cl)Cl. The number of rotatable bonds is 6.